The highest BCUT2D eigenvalue weighted by Gasteiger charge is 2.14. The lowest BCUT2D eigenvalue weighted by Crippen LogP contribution is -1.97. The van der Waals surface area contributed by atoms with Crippen LogP contribution in [0.5, 0.6) is 0 Å². The lowest BCUT2D eigenvalue weighted by atomic mass is 10.1. The van der Waals surface area contributed by atoms with Crippen LogP contribution in [0.2, 0.25) is 0 Å². The molecule has 2 heterocycles. The lowest BCUT2D eigenvalue weighted by molar-refractivity contribution is 1.23. The molecule has 0 unspecified atom stereocenters. The molecule has 0 saturated carbocycles. The topological polar surface area (TPSA) is 9.86 Å². The first-order chi connectivity index (χ1) is 18.6. The van der Waals surface area contributed by atoms with Crippen molar-refractivity contribution in [3.05, 3.63) is 159 Å². The SMILES string of the molecule is C=C/C(=C\C(=C)C(=C)/C=C(\C=C)n1c2ccccc2c2ccccc21)n1c2ccccc2c2ccccc21. The average Bonchev–Trinajstić information content (AvgIpc) is 3.48. The molecule has 0 atom stereocenters. The molecule has 6 rings (SSSR count). The predicted octanol–water partition coefficient (Wildman–Crippen LogP) is 9.77. The number of hydrogen-bond acceptors (Lipinski definition) is 0. The van der Waals surface area contributed by atoms with Gasteiger partial charge in [-0.2, -0.15) is 0 Å². The second-order valence-corrected chi connectivity index (χ2v) is 9.34. The van der Waals surface area contributed by atoms with Gasteiger partial charge in [0.2, 0.25) is 0 Å². The fourth-order valence-corrected chi connectivity index (χ4v) is 5.37. The summed E-state index contributed by atoms with van der Waals surface area (Å²) in [5, 5.41) is 4.84. The Labute approximate surface area is 222 Å². The average molecular weight is 489 g/mol. The minimum absolute atomic E-state index is 0.807. The first kappa shape index (κ1) is 23.3. The fourth-order valence-electron chi connectivity index (χ4n) is 5.37. The summed E-state index contributed by atoms with van der Waals surface area (Å²) in [4.78, 5) is 0. The van der Waals surface area contributed by atoms with Crippen LogP contribution in [0.15, 0.2) is 159 Å². The molecule has 6 aromatic rings. The molecule has 0 fully saturated rings. The molecule has 0 aliphatic carbocycles. The maximum atomic E-state index is 4.38. The molecule has 2 aromatic heterocycles. The summed E-state index contributed by atoms with van der Waals surface area (Å²) in [6.45, 7) is 17.0. The smallest absolute Gasteiger partial charge is 0.0541 e. The van der Waals surface area contributed by atoms with Gasteiger partial charge in [0.1, 0.15) is 0 Å². The van der Waals surface area contributed by atoms with Crippen LogP contribution in [0.1, 0.15) is 0 Å². The fraction of sp³-hybridized carbons (Fsp3) is 0. The number of nitrogens with zero attached hydrogens (tertiary/aromatic N) is 2. The van der Waals surface area contributed by atoms with E-state index in [4.69, 9.17) is 0 Å². The van der Waals surface area contributed by atoms with E-state index in [2.05, 4.69) is 145 Å². The van der Waals surface area contributed by atoms with Crippen LogP contribution in [-0.4, -0.2) is 9.13 Å². The number of benzene rings is 4. The monoisotopic (exact) mass is 488 g/mol. The van der Waals surface area contributed by atoms with Crippen LogP contribution >= 0.6 is 0 Å². The van der Waals surface area contributed by atoms with Gasteiger partial charge >= 0.3 is 0 Å². The third-order valence-electron chi connectivity index (χ3n) is 7.15. The number of allylic oxidation sites excluding steroid dienone is 8. The van der Waals surface area contributed by atoms with E-state index in [1.807, 2.05) is 12.2 Å². The van der Waals surface area contributed by atoms with Crippen molar-refractivity contribution >= 4 is 55.0 Å². The van der Waals surface area contributed by atoms with Crippen molar-refractivity contribution in [2.45, 2.75) is 0 Å². The van der Waals surface area contributed by atoms with Gasteiger partial charge in [-0.25, -0.2) is 0 Å². The number of hydrogen-bond donors (Lipinski definition) is 0. The van der Waals surface area contributed by atoms with Gasteiger partial charge in [-0.15, -0.1) is 0 Å². The maximum absolute atomic E-state index is 4.38. The molecule has 4 aromatic carbocycles. The predicted molar refractivity (Wildman–Crippen MR) is 166 cm³/mol. The van der Waals surface area contributed by atoms with Gasteiger partial charge in [-0.3, -0.25) is 0 Å². The van der Waals surface area contributed by atoms with Crippen molar-refractivity contribution in [3.63, 3.8) is 0 Å². The Bertz CT molecular complexity index is 1730. The van der Waals surface area contributed by atoms with Crippen LogP contribution in [-0.2, 0) is 0 Å². The van der Waals surface area contributed by atoms with E-state index in [-0.39, 0.29) is 0 Å². The minimum Gasteiger partial charge on any atom is -0.309 e. The highest BCUT2D eigenvalue weighted by Crippen LogP contribution is 2.34. The molecule has 0 radical (unpaired) electrons. The van der Waals surface area contributed by atoms with Crippen molar-refractivity contribution in [2.24, 2.45) is 0 Å². The van der Waals surface area contributed by atoms with Crippen LogP contribution in [0.4, 0.5) is 0 Å². The molecule has 0 aliphatic rings. The molecule has 0 aliphatic heterocycles. The molecule has 0 N–H and O–H groups in total. The molecular weight excluding hydrogens is 460 g/mol. The van der Waals surface area contributed by atoms with E-state index in [0.29, 0.717) is 0 Å². The van der Waals surface area contributed by atoms with E-state index >= 15 is 0 Å². The standard InChI is InChI=1S/C36H28N2/c1-5-27(37-33-19-11-7-15-29(33)30-16-8-12-20-34(30)37)23-25(3)26(4)24-28(6-2)38-35-21-13-9-17-31(35)32-18-10-14-22-36(32)38/h5-24H,1-4H2/b27-23+,28-24+. The quantitative estimate of drug-likeness (QED) is 0.198. The Hall–Kier alpha value is -5.08. The Kier molecular flexibility index (Phi) is 5.78. The normalized spacial score (nSPS) is 12.4. The zero-order valence-electron chi connectivity index (χ0n) is 21.3. The highest BCUT2D eigenvalue weighted by molar-refractivity contribution is 6.11. The molecule has 0 saturated heterocycles. The number of aromatic nitrogens is 2. The molecule has 38 heavy (non-hydrogen) atoms. The summed E-state index contributed by atoms with van der Waals surface area (Å²) in [6, 6.07) is 33.8. The Morgan fingerprint density at radius 1 is 0.447 bits per heavy atom. The molecule has 2 nitrogen and oxygen atoms in total. The summed E-state index contributed by atoms with van der Waals surface area (Å²) >= 11 is 0. The van der Waals surface area contributed by atoms with Crippen molar-refractivity contribution in [3.8, 4) is 0 Å². The Morgan fingerprint density at radius 3 is 0.974 bits per heavy atom. The first-order valence-corrected chi connectivity index (χ1v) is 12.7. The second kappa shape index (κ2) is 9.42. The molecule has 0 bridgehead atoms. The van der Waals surface area contributed by atoms with Crippen molar-refractivity contribution in [2.75, 3.05) is 0 Å². The Balaban J connectivity index is 1.45. The molecule has 0 spiro atoms. The van der Waals surface area contributed by atoms with Gasteiger partial charge < -0.3 is 9.13 Å². The van der Waals surface area contributed by atoms with Crippen LogP contribution in [0.3, 0.4) is 0 Å². The molecule has 182 valence electrons. The number of para-hydroxylation sites is 4. The first-order valence-electron chi connectivity index (χ1n) is 12.7. The van der Waals surface area contributed by atoms with E-state index < -0.39 is 0 Å². The van der Waals surface area contributed by atoms with E-state index in [1.54, 1.807) is 0 Å². The van der Waals surface area contributed by atoms with Crippen LogP contribution in [0.25, 0.3) is 55.0 Å². The van der Waals surface area contributed by atoms with Crippen LogP contribution in [0, 0.1) is 0 Å². The van der Waals surface area contributed by atoms with E-state index in [0.717, 1.165) is 44.6 Å². The third kappa shape index (κ3) is 3.66. The summed E-state index contributed by atoms with van der Waals surface area (Å²) < 4.78 is 4.47. The second-order valence-electron chi connectivity index (χ2n) is 9.34. The van der Waals surface area contributed by atoms with E-state index in [9.17, 15) is 0 Å². The Morgan fingerprint density at radius 2 is 0.711 bits per heavy atom. The zero-order valence-corrected chi connectivity index (χ0v) is 21.3. The summed E-state index contributed by atoms with van der Waals surface area (Å²) in [5.74, 6) is 0. The molecular formula is C36H28N2. The minimum atomic E-state index is 0.807. The lowest BCUT2D eigenvalue weighted by Gasteiger charge is -2.12. The number of fused-ring (bicyclic) bond motifs is 6. The molecule has 0 amide bonds. The van der Waals surface area contributed by atoms with Gasteiger partial charge in [0, 0.05) is 32.9 Å². The molecule has 2 heteroatoms. The third-order valence-corrected chi connectivity index (χ3v) is 7.15. The van der Waals surface area contributed by atoms with Gasteiger partial charge in [-0.05, 0) is 59.7 Å². The van der Waals surface area contributed by atoms with Gasteiger partial charge in [0.05, 0.1) is 22.1 Å². The summed E-state index contributed by atoms with van der Waals surface area (Å²) in [5.41, 5.74) is 8.02. The van der Waals surface area contributed by atoms with Crippen molar-refractivity contribution in [1.29, 1.82) is 0 Å². The van der Waals surface area contributed by atoms with Gasteiger partial charge in [-0.1, -0.05) is 99.1 Å². The van der Waals surface area contributed by atoms with Crippen molar-refractivity contribution in [1.82, 2.24) is 9.13 Å². The largest absolute Gasteiger partial charge is 0.309 e. The zero-order chi connectivity index (χ0) is 26.2. The van der Waals surface area contributed by atoms with Gasteiger partial charge in [0.15, 0.2) is 0 Å². The summed E-state index contributed by atoms with van der Waals surface area (Å²) in [7, 11) is 0. The van der Waals surface area contributed by atoms with Gasteiger partial charge in [0.25, 0.3) is 0 Å². The maximum Gasteiger partial charge on any atom is 0.0541 e. The highest BCUT2D eigenvalue weighted by atomic mass is 15.0. The number of rotatable bonds is 7. The summed E-state index contributed by atoms with van der Waals surface area (Å²) in [6.07, 6.45) is 7.86. The van der Waals surface area contributed by atoms with Crippen molar-refractivity contribution < 1.29 is 0 Å². The van der Waals surface area contributed by atoms with E-state index in [1.165, 1.54) is 21.5 Å². The van der Waals surface area contributed by atoms with Crippen LogP contribution < -0.4 is 0 Å².